The molecule has 2 rings (SSSR count). The SMILES string of the molecule is COc1ccc(COc2ccc(Cl)cc2C(C)N)cc1. The molecule has 0 amide bonds. The van der Waals surface area contributed by atoms with Gasteiger partial charge in [-0.05, 0) is 42.8 Å². The van der Waals surface area contributed by atoms with Gasteiger partial charge in [0.1, 0.15) is 18.1 Å². The second-order valence-corrected chi connectivity index (χ2v) is 5.04. The first-order chi connectivity index (χ1) is 9.60. The van der Waals surface area contributed by atoms with Gasteiger partial charge < -0.3 is 15.2 Å². The van der Waals surface area contributed by atoms with Crippen LogP contribution in [-0.4, -0.2) is 7.11 Å². The summed E-state index contributed by atoms with van der Waals surface area (Å²) < 4.78 is 11.0. The molecule has 20 heavy (non-hydrogen) atoms. The third-order valence-corrected chi connectivity index (χ3v) is 3.25. The van der Waals surface area contributed by atoms with Gasteiger partial charge in [-0.25, -0.2) is 0 Å². The topological polar surface area (TPSA) is 44.5 Å². The molecule has 0 aliphatic carbocycles. The Morgan fingerprint density at radius 1 is 1.15 bits per heavy atom. The minimum atomic E-state index is -0.125. The number of rotatable bonds is 5. The fraction of sp³-hybridized carbons (Fsp3) is 0.250. The lowest BCUT2D eigenvalue weighted by molar-refractivity contribution is 0.301. The van der Waals surface area contributed by atoms with E-state index in [2.05, 4.69) is 0 Å². The monoisotopic (exact) mass is 291 g/mol. The molecule has 0 aliphatic heterocycles. The van der Waals surface area contributed by atoms with E-state index in [1.54, 1.807) is 13.2 Å². The van der Waals surface area contributed by atoms with Crippen LogP contribution >= 0.6 is 11.6 Å². The highest BCUT2D eigenvalue weighted by molar-refractivity contribution is 6.30. The second-order valence-electron chi connectivity index (χ2n) is 4.61. The van der Waals surface area contributed by atoms with Gasteiger partial charge in [0.05, 0.1) is 7.11 Å². The Kier molecular flexibility index (Phi) is 4.88. The lowest BCUT2D eigenvalue weighted by Gasteiger charge is -2.14. The van der Waals surface area contributed by atoms with Gasteiger partial charge >= 0.3 is 0 Å². The molecule has 3 nitrogen and oxygen atoms in total. The zero-order valence-electron chi connectivity index (χ0n) is 11.6. The van der Waals surface area contributed by atoms with E-state index in [0.717, 1.165) is 22.6 Å². The standard InChI is InChI=1S/C16H18ClNO2/c1-11(18)15-9-13(17)5-8-16(15)20-10-12-3-6-14(19-2)7-4-12/h3-9,11H,10,18H2,1-2H3. The Bertz CT molecular complexity index is 567. The average Bonchev–Trinajstić information content (AvgIpc) is 2.46. The fourth-order valence-corrected chi connectivity index (χ4v) is 2.07. The van der Waals surface area contributed by atoms with Gasteiger partial charge in [0.25, 0.3) is 0 Å². The molecule has 0 saturated carbocycles. The summed E-state index contributed by atoms with van der Waals surface area (Å²) in [7, 11) is 1.65. The Labute approximate surface area is 124 Å². The first kappa shape index (κ1) is 14.7. The Morgan fingerprint density at radius 2 is 1.85 bits per heavy atom. The maximum atomic E-state index is 5.99. The minimum absolute atomic E-state index is 0.125. The number of nitrogens with two attached hydrogens (primary N) is 1. The Hall–Kier alpha value is -1.71. The van der Waals surface area contributed by atoms with Crippen LogP contribution in [0, 0.1) is 0 Å². The summed E-state index contributed by atoms with van der Waals surface area (Å²) in [5.41, 5.74) is 7.91. The number of ether oxygens (including phenoxy) is 2. The average molecular weight is 292 g/mol. The lowest BCUT2D eigenvalue weighted by atomic mass is 10.1. The second kappa shape index (κ2) is 6.64. The quantitative estimate of drug-likeness (QED) is 0.907. The molecular weight excluding hydrogens is 274 g/mol. The van der Waals surface area contributed by atoms with E-state index in [4.69, 9.17) is 26.8 Å². The highest BCUT2D eigenvalue weighted by atomic mass is 35.5. The summed E-state index contributed by atoms with van der Waals surface area (Å²) >= 11 is 5.99. The zero-order chi connectivity index (χ0) is 14.5. The van der Waals surface area contributed by atoms with Gasteiger partial charge in [0, 0.05) is 16.6 Å². The van der Waals surface area contributed by atoms with Crippen molar-refractivity contribution in [3.8, 4) is 11.5 Å². The number of hydrogen-bond donors (Lipinski definition) is 1. The van der Waals surface area contributed by atoms with Crippen LogP contribution in [0.1, 0.15) is 24.1 Å². The largest absolute Gasteiger partial charge is 0.497 e. The smallest absolute Gasteiger partial charge is 0.124 e. The molecule has 106 valence electrons. The van der Waals surface area contributed by atoms with Crippen molar-refractivity contribution in [2.24, 2.45) is 5.73 Å². The van der Waals surface area contributed by atoms with E-state index >= 15 is 0 Å². The molecule has 0 aromatic heterocycles. The van der Waals surface area contributed by atoms with E-state index in [9.17, 15) is 0 Å². The molecular formula is C16H18ClNO2. The Balaban J connectivity index is 2.10. The molecule has 0 saturated heterocycles. The number of methoxy groups -OCH3 is 1. The zero-order valence-corrected chi connectivity index (χ0v) is 12.4. The van der Waals surface area contributed by atoms with Gasteiger partial charge in [0.2, 0.25) is 0 Å². The summed E-state index contributed by atoms with van der Waals surface area (Å²) in [4.78, 5) is 0. The molecule has 2 N–H and O–H groups in total. The van der Waals surface area contributed by atoms with Crippen molar-refractivity contribution in [3.63, 3.8) is 0 Å². The van der Waals surface area contributed by atoms with Crippen LogP contribution in [0.2, 0.25) is 5.02 Å². The molecule has 2 aromatic carbocycles. The third kappa shape index (κ3) is 3.65. The summed E-state index contributed by atoms with van der Waals surface area (Å²) in [6.07, 6.45) is 0. The van der Waals surface area contributed by atoms with Crippen LogP contribution in [0.25, 0.3) is 0 Å². The number of hydrogen-bond acceptors (Lipinski definition) is 3. The van der Waals surface area contributed by atoms with Crippen molar-refractivity contribution < 1.29 is 9.47 Å². The third-order valence-electron chi connectivity index (χ3n) is 3.02. The van der Waals surface area contributed by atoms with E-state index < -0.39 is 0 Å². The Morgan fingerprint density at radius 3 is 2.45 bits per heavy atom. The molecule has 0 radical (unpaired) electrons. The molecule has 0 spiro atoms. The van der Waals surface area contributed by atoms with Crippen LogP contribution in [0.5, 0.6) is 11.5 Å². The molecule has 0 aliphatic rings. The summed E-state index contributed by atoms with van der Waals surface area (Å²) in [5, 5.41) is 0.661. The molecule has 2 aromatic rings. The summed E-state index contributed by atoms with van der Waals surface area (Å²) in [6.45, 7) is 2.39. The van der Waals surface area contributed by atoms with Crippen LogP contribution in [0.3, 0.4) is 0 Å². The molecule has 4 heteroatoms. The van der Waals surface area contributed by atoms with Crippen molar-refractivity contribution in [1.82, 2.24) is 0 Å². The van der Waals surface area contributed by atoms with Crippen molar-refractivity contribution in [2.45, 2.75) is 19.6 Å². The molecule has 0 heterocycles. The van der Waals surface area contributed by atoms with Crippen LogP contribution in [0.15, 0.2) is 42.5 Å². The highest BCUT2D eigenvalue weighted by Gasteiger charge is 2.09. The van der Waals surface area contributed by atoms with Crippen molar-refractivity contribution >= 4 is 11.6 Å². The first-order valence-electron chi connectivity index (χ1n) is 6.41. The maximum Gasteiger partial charge on any atom is 0.124 e. The highest BCUT2D eigenvalue weighted by Crippen LogP contribution is 2.28. The number of benzene rings is 2. The van der Waals surface area contributed by atoms with Crippen LogP contribution in [-0.2, 0) is 6.61 Å². The molecule has 1 unspecified atom stereocenters. The maximum absolute atomic E-state index is 5.99. The van der Waals surface area contributed by atoms with Gasteiger partial charge in [0.15, 0.2) is 0 Å². The van der Waals surface area contributed by atoms with Gasteiger partial charge in [-0.3, -0.25) is 0 Å². The van der Waals surface area contributed by atoms with Crippen molar-refractivity contribution in [3.05, 3.63) is 58.6 Å². The predicted molar refractivity (Wildman–Crippen MR) is 81.4 cm³/mol. The van der Waals surface area contributed by atoms with Gasteiger partial charge in [-0.1, -0.05) is 23.7 Å². The van der Waals surface area contributed by atoms with E-state index in [1.807, 2.05) is 43.3 Å². The van der Waals surface area contributed by atoms with Crippen molar-refractivity contribution in [2.75, 3.05) is 7.11 Å². The van der Waals surface area contributed by atoms with E-state index in [1.165, 1.54) is 0 Å². The predicted octanol–water partition coefficient (Wildman–Crippen LogP) is 3.95. The van der Waals surface area contributed by atoms with Crippen molar-refractivity contribution in [1.29, 1.82) is 0 Å². The van der Waals surface area contributed by atoms with E-state index in [0.29, 0.717) is 11.6 Å². The minimum Gasteiger partial charge on any atom is -0.497 e. The van der Waals surface area contributed by atoms with Gasteiger partial charge in [-0.2, -0.15) is 0 Å². The lowest BCUT2D eigenvalue weighted by Crippen LogP contribution is -2.08. The fourth-order valence-electron chi connectivity index (χ4n) is 1.89. The molecule has 0 fully saturated rings. The summed E-state index contributed by atoms with van der Waals surface area (Å²) in [5.74, 6) is 1.59. The molecule has 0 bridgehead atoms. The normalized spacial score (nSPS) is 12.0. The molecule has 1 atom stereocenters. The first-order valence-corrected chi connectivity index (χ1v) is 6.78. The van der Waals surface area contributed by atoms with E-state index in [-0.39, 0.29) is 6.04 Å². The number of halogens is 1. The van der Waals surface area contributed by atoms with Crippen LogP contribution < -0.4 is 15.2 Å². The summed E-state index contributed by atoms with van der Waals surface area (Å²) in [6, 6.07) is 13.1. The van der Waals surface area contributed by atoms with Gasteiger partial charge in [-0.15, -0.1) is 0 Å². The van der Waals surface area contributed by atoms with Crippen LogP contribution in [0.4, 0.5) is 0 Å².